The van der Waals surface area contributed by atoms with Crippen LogP contribution in [0.15, 0.2) is 6.20 Å². The van der Waals surface area contributed by atoms with E-state index in [1.165, 1.54) is 6.20 Å². The largest absolute Gasteiger partial charge is 0.396 e. The number of hydrogen-bond acceptors (Lipinski definition) is 5. The number of aliphatic hydroxyl groups excluding tert-OH is 1. The molecule has 6 heteroatoms. The van der Waals surface area contributed by atoms with Gasteiger partial charge in [0.2, 0.25) is 5.95 Å². The quantitative estimate of drug-likeness (QED) is 0.726. The van der Waals surface area contributed by atoms with Crippen molar-refractivity contribution in [1.29, 1.82) is 0 Å². The molecule has 0 saturated heterocycles. The number of halogens is 1. The highest BCUT2D eigenvalue weighted by molar-refractivity contribution is 6.32. The van der Waals surface area contributed by atoms with Crippen LogP contribution in [-0.2, 0) is 0 Å². The topological polar surface area (TPSA) is 84.1 Å². The van der Waals surface area contributed by atoms with E-state index in [9.17, 15) is 5.11 Å². The van der Waals surface area contributed by atoms with E-state index < -0.39 is 0 Å². The number of aliphatic hydroxyl groups is 1. The number of nitrogens with two attached hydrogens (primary N) is 1. The highest BCUT2D eigenvalue weighted by Crippen LogP contribution is 2.27. The van der Waals surface area contributed by atoms with Crippen LogP contribution in [0.5, 0.6) is 0 Å². The molecule has 1 heterocycles. The lowest BCUT2D eigenvalue weighted by Gasteiger charge is -2.29. The summed E-state index contributed by atoms with van der Waals surface area (Å²) in [5, 5.41) is 13.0. The van der Waals surface area contributed by atoms with E-state index in [1.54, 1.807) is 0 Å². The molecule has 0 atom stereocenters. The summed E-state index contributed by atoms with van der Waals surface area (Å²) in [6.45, 7) is 4.84. The normalized spacial score (nSPS) is 11.5. The summed E-state index contributed by atoms with van der Waals surface area (Å²) < 4.78 is 0. The Balaban J connectivity index is 2.75. The number of nitrogens with zero attached hydrogens (tertiary/aromatic N) is 2. The Morgan fingerprint density at radius 1 is 1.47 bits per heavy atom. The molecule has 0 amide bonds. The van der Waals surface area contributed by atoms with Gasteiger partial charge in [-0.25, -0.2) is 4.98 Å². The van der Waals surface area contributed by atoms with Gasteiger partial charge in [-0.15, -0.1) is 0 Å². The molecule has 0 fully saturated rings. The van der Waals surface area contributed by atoms with Crippen molar-refractivity contribution >= 4 is 23.4 Å². The van der Waals surface area contributed by atoms with Crippen molar-refractivity contribution in [3.63, 3.8) is 0 Å². The summed E-state index contributed by atoms with van der Waals surface area (Å²) in [6, 6.07) is 0. The zero-order chi connectivity index (χ0) is 12.9. The van der Waals surface area contributed by atoms with Crippen LogP contribution < -0.4 is 11.1 Å². The highest BCUT2D eigenvalue weighted by atomic mass is 35.5. The van der Waals surface area contributed by atoms with Crippen LogP contribution >= 0.6 is 11.6 Å². The molecule has 96 valence electrons. The van der Waals surface area contributed by atoms with Crippen LogP contribution in [0.4, 0.5) is 11.8 Å². The Labute approximate surface area is 106 Å². The van der Waals surface area contributed by atoms with Gasteiger partial charge >= 0.3 is 0 Å². The summed E-state index contributed by atoms with van der Waals surface area (Å²) >= 11 is 5.95. The Bertz CT molecular complexity index is 360. The maximum atomic E-state index is 9.45. The molecule has 0 unspecified atom stereocenters. The molecule has 17 heavy (non-hydrogen) atoms. The molecule has 0 aromatic carbocycles. The van der Waals surface area contributed by atoms with Crippen LogP contribution in [0.25, 0.3) is 0 Å². The molecular weight excluding hydrogens is 240 g/mol. The van der Waals surface area contributed by atoms with Crippen LogP contribution in [0.2, 0.25) is 5.02 Å². The Kier molecular flexibility index (Phi) is 4.96. The molecule has 0 aliphatic heterocycles. The zero-order valence-electron chi connectivity index (χ0n) is 10.2. The fraction of sp³-hybridized carbons (Fsp3) is 0.636. The first-order valence-corrected chi connectivity index (χ1v) is 6.07. The van der Waals surface area contributed by atoms with Gasteiger partial charge in [0.15, 0.2) is 0 Å². The number of nitrogen functional groups attached to an aromatic ring is 1. The van der Waals surface area contributed by atoms with Crippen molar-refractivity contribution in [2.24, 2.45) is 5.41 Å². The number of rotatable bonds is 6. The maximum absolute atomic E-state index is 9.45. The first-order chi connectivity index (χ1) is 8.06. The van der Waals surface area contributed by atoms with Gasteiger partial charge in [-0.05, 0) is 12.8 Å². The second-order valence-electron chi connectivity index (χ2n) is 4.14. The van der Waals surface area contributed by atoms with E-state index in [4.69, 9.17) is 17.3 Å². The molecule has 0 saturated carbocycles. The van der Waals surface area contributed by atoms with Crippen molar-refractivity contribution in [3.05, 3.63) is 11.2 Å². The van der Waals surface area contributed by atoms with Gasteiger partial charge in [-0.3, -0.25) is 0 Å². The fourth-order valence-electron chi connectivity index (χ4n) is 1.56. The molecule has 0 spiro atoms. The molecule has 5 nitrogen and oxygen atoms in total. The lowest BCUT2D eigenvalue weighted by atomic mass is 9.83. The van der Waals surface area contributed by atoms with E-state index in [0.29, 0.717) is 17.4 Å². The number of aromatic nitrogens is 2. The third kappa shape index (κ3) is 3.44. The summed E-state index contributed by atoms with van der Waals surface area (Å²) in [5.41, 5.74) is 5.34. The van der Waals surface area contributed by atoms with Gasteiger partial charge in [0, 0.05) is 12.0 Å². The van der Waals surface area contributed by atoms with Crippen LogP contribution in [0, 0.1) is 5.41 Å². The Hall–Kier alpha value is -1.07. The molecule has 4 N–H and O–H groups in total. The van der Waals surface area contributed by atoms with Crippen LogP contribution in [0.1, 0.15) is 26.7 Å². The van der Waals surface area contributed by atoms with Gasteiger partial charge in [0.1, 0.15) is 10.8 Å². The summed E-state index contributed by atoms with van der Waals surface area (Å²) in [5.74, 6) is 0.693. The predicted molar refractivity (Wildman–Crippen MR) is 70.0 cm³/mol. The second kappa shape index (κ2) is 6.02. The number of nitrogens with one attached hydrogen (secondary N) is 1. The van der Waals surface area contributed by atoms with Crippen molar-refractivity contribution in [3.8, 4) is 0 Å². The van der Waals surface area contributed by atoms with E-state index in [1.807, 2.05) is 0 Å². The highest BCUT2D eigenvalue weighted by Gasteiger charge is 2.25. The Morgan fingerprint density at radius 2 is 2.12 bits per heavy atom. The Morgan fingerprint density at radius 3 is 2.65 bits per heavy atom. The molecule has 1 aromatic rings. The third-order valence-electron chi connectivity index (χ3n) is 3.23. The summed E-state index contributed by atoms with van der Waals surface area (Å²) in [7, 11) is 0. The molecule has 1 rings (SSSR count). The van der Waals surface area contributed by atoms with E-state index in [2.05, 4.69) is 29.1 Å². The molecular formula is C11H19ClN4O. The minimum absolute atomic E-state index is 0.130. The predicted octanol–water partition coefficient (Wildman–Crippen LogP) is 1.92. The van der Waals surface area contributed by atoms with Crippen molar-refractivity contribution in [2.75, 3.05) is 24.2 Å². The number of hydrogen-bond donors (Lipinski definition) is 3. The summed E-state index contributed by atoms with van der Waals surface area (Å²) in [6.07, 6.45) is 3.22. The van der Waals surface area contributed by atoms with E-state index in [0.717, 1.165) is 12.8 Å². The van der Waals surface area contributed by atoms with E-state index >= 15 is 0 Å². The first-order valence-electron chi connectivity index (χ1n) is 5.69. The van der Waals surface area contributed by atoms with Crippen molar-refractivity contribution < 1.29 is 5.11 Å². The standard InChI is InChI=1S/C11H19ClN4O/c1-3-11(4-2,7-17)6-15-9-8(12)5-14-10(13)16-9/h5,17H,3-4,6-7H2,1-2H3,(H3,13,14,15,16). The summed E-state index contributed by atoms with van der Waals surface area (Å²) in [4.78, 5) is 7.81. The minimum Gasteiger partial charge on any atom is -0.396 e. The molecule has 1 aromatic heterocycles. The lowest BCUT2D eigenvalue weighted by molar-refractivity contribution is 0.127. The maximum Gasteiger partial charge on any atom is 0.222 e. The van der Waals surface area contributed by atoms with Gasteiger partial charge in [0.25, 0.3) is 0 Å². The van der Waals surface area contributed by atoms with Gasteiger partial charge < -0.3 is 16.2 Å². The smallest absolute Gasteiger partial charge is 0.222 e. The van der Waals surface area contributed by atoms with Crippen LogP contribution in [-0.4, -0.2) is 28.2 Å². The second-order valence-corrected chi connectivity index (χ2v) is 4.55. The average molecular weight is 259 g/mol. The van der Waals surface area contributed by atoms with Crippen molar-refractivity contribution in [1.82, 2.24) is 9.97 Å². The molecule has 0 bridgehead atoms. The molecule has 0 aliphatic carbocycles. The van der Waals surface area contributed by atoms with Gasteiger partial charge in [0.05, 0.1) is 12.8 Å². The third-order valence-corrected chi connectivity index (χ3v) is 3.51. The average Bonchev–Trinajstić information content (AvgIpc) is 2.35. The number of anilines is 2. The lowest BCUT2D eigenvalue weighted by Crippen LogP contribution is -2.32. The van der Waals surface area contributed by atoms with Gasteiger partial charge in [-0.1, -0.05) is 25.4 Å². The zero-order valence-corrected chi connectivity index (χ0v) is 11.0. The van der Waals surface area contributed by atoms with Crippen LogP contribution in [0.3, 0.4) is 0 Å². The first kappa shape index (κ1) is 14.0. The monoisotopic (exact) mass is 258 g/mol. The molecule has 0 radical (unpaired) electrons. The minimum atomic E-state index is -0.150. The fourth-order valence-corrected chi connectivity index (χ4v) is 1.71. The SMILES string of the molecule is CCC(CC)(CO)CNc1nc(N)ncc1Cl. The van der Waals surface area contributed by atoms with E-state index in [-0.39, 0.29) is 18.0 Å². The molecule has 0 aliphatic rings. The van der Waals surface area contributed by atoms with Crippen molar-refractivity contribution in [2.45, 2.75) is 26.7 Å². The van der Waals surface area contributed by atoms with Gasteiger partial charge in [-0.2, -0.15) is 4.98 Å².